The molecule has 2 N–H and O–H groups in total. The number of amides is 1. The highest BCUT2D eigenvalue weighted by Gasteiger charge is 2.34. The minimum absolute atomic E-state index is 0. The van der Waals surface area contributed by atoms with Crippen molar-refractivity contribution in [3.8, 4) is 0 Å². The van der Waals surface area contributed by atoms with E-state index in [4.69, 9.17) is 5.73 Å². The lowest BCUT2D eigenvalue weighted by molar-refractivity contribution is 0.0742. The second-order valence-corrected chi connectivity index (χ2v) is 5.67. The largest absolute Gasteiger partial charge is 0.399 e. The van der Waals surface area contributed by atoms with Gasteiger partial charge in [-0.3, -0.25) is 4.79 Å². The third kappa shape index (κ3) is 3.09. The van der Waals surface area contributed by atoms with Crippen LogP contribution in [0.3, 0.4) is 0 Å². The van der Waals surface area contributed by atoms with E-state index in [0.29, 0.717) is 17.2 Å². The predicted molar refractivity (Wildman–Crippen MR) is 92.4 cm³/mol. The normalized spacial score (nSPS) is 20.5. The number of carbonyl (C=O) groups is 1. The number of hydrogen-bond acceptors (Lipinski definition) is 2. The van der Waals surface area contributed by atoms with Crippen molar-refractivity contribution in [2.75, 3.05) is 12.3 Å². The molecule has 0 bridgehead atoms. The average Bonchev–Trinajstić information content (AvgIpc) is 2.89. The Hall–Kier alpha value is -2.00. The van der Waals surface area contributed by atoms with Crippen molar-refractivity contribution < 1.29 is 4.79 Å². The topological polar surface area (TPSA) is 46.3 Å². The molecule has 0 spiro atoms. The number of nitrogens with two attached hydrogens (primary N) is 1. The Kier molecular flexibility index (Phi) is 5.09. The summed E-state index contributed by atoms with van der Waals surface area (Å²) in [6.45, 7) is 2.93. The number of rotatable bonds is 2. The van der Waals surface area contributed by atoms with Gasteiger partial charge < -0.3 is 10.6 Å². The maximum absolute atomic E-state index is 12.7. The van der Waals surface area contributed by atoms with Crippen LogP contribution < -0.4 is 5.73 Å². The van der Waals surface area contributed by atoms with Crippen LogP contribution in [0.15, 0.2) is 54.6 Å². The third-order valence-electron chi connectivity index (χ3n) is 4.38. The predicted octanol–water partition coefficient (Wildman–Crippen LogP) is 3.71. The van der Waals surface area contributed by atoms with Gasteiger partial charge in [-0.1, -0.05) is 36.4 Å². The number of anilines is 1. The molecule has 0 aliphatic carbocycles. The number of benzene rings is 2. The van der Waals surface area contributed by atoms with Gasteiger partial charge in [0.2, 0.25) is 0 Å². The van der Waals surface area contributed by atoms with Gasteiger partial charge in [-0.05, 0) is 37.1 Å². The van der Waals surface area contributed by atoms with Gasteiger partial charge in [0.15, 0.2) is 0 Å². The molecule has 3 nitrogen and oxygen atoms in total. The minimum Gasteiger partial charge on any atom is -0.399 e. The number of carbonyl (C=O) groups excluding carboxylic acids is 1. The van der Waals surface area contributed by atoms with Crippen molar-refractivity contribution in [1.82, 2.24) is 4.90 Å². The summed E-state index contributed by atoms with van der Waals surface area (Å²) in [5.41, 5.74) is 8.40. The smallest absolute Gasteiger partial charge is 0.254 e. The van der Waals surface area contributed by atoms with Crippen molar-refractivity contribution in [2.45, 2.75) is 25.3 Å². The maximum atomic E-state index is 12.7. The molecule has 4 heteroatoms. The highest BCUT2D eigenvalue weighted by Crippen LogP contribution is 2.34. The maximum Gasteiger partial charge on any atom is 0.254 e. The molecule has 1 saturated heterocycles. The van der Waals surface area contributed by atoms with Gasteiger partial charge in [0.25, 0.3) is 5.91 Å². The minimum atomic E-state index is 0. The highest BCUT2D eigenvalue weighted by molar-refractivity contribution is 5.95. The molecule has 0 radical (unpaired) electrons. The third-order valence-corrected chi connectivity index (χ3v) is 4.38. The van der Waals surface area contributed by atoms with Crippen LogP contribution >= 0.6 is 12.4 Å². The SMILES string of the molecule is CC1C(c2ccccc2)CCN1C(=O)c1cccc(N)c1.Cl. The molecule has 1 aliphatic heterocycles. The Labute approximate surface area is 137 Å². The first kappa shape index (κ1) is 16.4. The van der Waals surface area contributed by atoms with E-state index in [1.165, 1.54) is 5.56 Å². The molecule has 116 valence electrons. The number of hydrogen-bond donors (Lipinski definition) is 1. The van der Waals surface area contributed by atoms with Gasteiger partial charge in [-0.15, -0.1) is 12.4 Å². The molecule has 1 aliphatic rings. The summed E-state index contributed by atoms with van der Waals surface area (Å²) in [6.07, 6.45) is 1.01. The number of nitrogen functional groups attached to an aromatic ring is 1. The van der Waals surface area contributed by atoms with Crippen LogP contribution in [0.5, 0.6) is 0 Å². The Balaban J connectivity index is 0.00000176. The van der Waals surface area contributed by atoms with Crippen LogP contribution in [0.1, 0.15) is 35.2 Å². The molecule has 0 saturated carbocycles. The van der Waals surface area contributed by atoms with E-state index in [-0.39, 0.29) is 24.4 Å². The van der Waals surface area contributed by atoms with Gasteiger partial charge in [0.1, 0.15) is 0 Å². The molecule has 1 amide bonds. The second kappa shape index (κ2) is 6.84. The van der Waals surface area contributed by atoms with Crippen molar-refractivity contribution in [3.63, 3.8) is 0 Å². The molecule has 3 rings (SSSR count). The Morgan fingerprint density at radius 1 is 1.14 bits per heavy atom. The number of likely N-dealkylation sites (tertiary alicyclic amines) is 1. The van der Waals surface area contributed by atoms with E-state index in [9.17, 15) is 4.79 Å². The summed E-state index contributed by atoms with van der Waals surface area (Å²) in [5.74, 6) is 0.490. The Bertz CT molecular complexity index is 645. The fourth-order valence-electron chi connectivity index (χ4n) is 3.21. The first-order chi connectivity index (χ1) is 10.2. The summed E-state index contributed by atoms with van der Waals surface area (Å²) in [6, 6.07) is 17.9. The van der Waals surface area contributed by atoms with Crippen LogP contribution in [0.25, 0.3) is 0 Å². The van der Waals surface area contributed by atoms with Crippen molar-refractivity contribution in [3.05, 3.63) is 65.7 Å². The summed E-state index contributed by atoms with van der Waals surface area (Å²) in [7, 11) is 0. The standard InChI is InChI=1S/C18H20N2O.ClH/c1-13-17(14-6-3-2-4-7-14)10-11-20(13)18(21)15-8-5-9-16(19)12-15;/h2-9,12-13,17H,10-11,19H2,1H3;1H. The molecule has 1 heterocycles. The molecule has 2 atom stereocenters. The Morgan fingerprint density at radius 2 is 1.86 bits per heavy atom. The van der Waals surface area contributed by atoms with Gasteiger partial charge in [0.05, 0.1) is 0 Å². The molecule has 2 aromatic rings. The highest BCUT2D eigenvalue weighted by atomic mass is 35.5. The van der Waals surface area contributed by atoms with E-state index in [1.54, 1.807) is 12.1 Å². The zero-order valence-electron chi connectivity index (χ0n) is 12.6. The Morgan fingerprint density at radius 3 is 2.55 bits per heavy atom. The molecule has 0 aromatic heterocycles. The lowest BCUT2D eigenvalue weighted by atomic mass is 9.93. The van der Waals surface area contributed by atoms with Crippen molar-refractivity contribution in [1.29, 1.82) is 0 Å². The molecule has 22 heavy (non-hydrogen) atoms. The van der Waals surface area contributed by atoms with E-state index >= 15 is 0 Å². The monoisotopic (exact) mass is 316 g/mol. The van der Waals surface area contributed by atoms with Gasteiger partial charge in [-0.2, -0.15) is 0 Å². The molecular formula is C18H21ClN2O. The van der Waals surface area contributed by atoms with Crippen LogP contribution in [-0.2, 0) is 0 Å². The second-order valence-electron chi connectivity index (χ2n) is 5.67. The molecule has 2 unspecified atom stereocenters. The van der Waals surface area contributed by atoms with Crippen molar-refractivity contribution >= 4 is 24.0 Å². The lowest BCUT2D eigenvalue weighted by Gasteiger charge is -2.25. The van der Waals surface area contributed by atoms with E-state index < -0.39 is 0 Å². The summed E-state index contributed by atoms with van der Waals surface area (Å²) < 4.78 is 0. The fourth-order valence-corrected chi connectivity index (χ4v) is 3.21. The first-order valence-corrected chi connectivity index (χ1v) is 7.38. The van der Waals surface area contributed by atoms with E-state index in [0.717, 1.165) is 13.0 Å². The quantitative estimate of drug-likeness (QED) is 0.859. The molecule has 2 aromatic carbocycles. The summed E-state index contributed by atoms with van der Waals surface area (Å²) in [5, 5.41) is 0. The lowest BCUT2D eigenvalue weighted by Crippen LogP contribution is -2.35. The van der Waals surface area contributed by atoms with Crippen LogP contribution in [-0.4, -0.2) is 23.4 Å². The van der Waals surface area contributed by atoms with Gasteiger partial charge in [-0.25, -0.2) is 0 Å². The van der Waals surface area contributed by atoms with Gasteiger partial charge >= 0.3 is 0 Å². The van der Waals surface area contributed by atoms with E-state index in [1.807, 2.05) is 23.1 Å². The van der Waals surface area contributed by atoms with Crippen LogP contribution in [0.2, 0.25) is 0 Å². The van der Waals surface area contributed by atoms with Crippen LogP contribution in [0, 0.1) is 0 Å². The van der Waals surface area contributed by atoms with Crippen LogP contribution in [0.4, 0.5) is 5.69 Å². The zero-order valence-corrected chi connectivity index (χ0v) is 13.4. The number of nitrogens with zero attached hydrogens (tertiary/aromatic N) is 1. The zero-order chi connectivity index (χ0) is 14.8. The molecule has 1 fully saturated rings. The summed E-state index contributed by atoms with van der Waals surface area (Å²) in [4.78, 5) is 14.6. The van der Waals surface area contributed by atoms with Crippen molar-refractivity contribution in [2.24, 2.45) is 0 Å². The summed E-state index contributed by atoms with van der Waals surface area (Å²) >= 11 is 0. The fraction of sp³-hybridized carbons (Fsp3) is 0.278. The first-order valence-electron chi connectivity index (χ1n) is 7.38. The molecular weight excluding hydrogens is 296 g/mol. The van der Waals surface area contributed by atoms with E-state index in [2.05, 4.69) is 31.2 Å². The van der Waals surface area contributed by atoms with Gasteiger partial charge in [0, 0.05) is 29.8 Å². The number of halogens is 1. The average molecular weight is 317 g/mol.